The lowest BCUT2D eigenvalue weighted by Crippen LogP contribution is -2.16. The Bertz CT molecular complexity index is 757. The van der Waals surface area contributed by atoms with Crippen molar-refractivity contribution in [2.24, 2.45) is 0 Å². The molecule has 0 fully saturated rings. The van der Waals surface area contributed by atoms with Crippen LogP contribution >= 0.6 is 24.0 Å². The average molecular weight is 513 g/mol. The Kier molecular flexibility index (Phi) is 17.9. The zero-order chi connectivity index (χ0) is 23.7. The third-order valence-corrected chi connectivity index (χ3v) is 7.09. The van der Waals surface area contributed by atoms with E-state index in [2.05, 4.69) is 36.6 Å². The summed E-state index contributed by atoms with van der Waals surface area (Å²) in [6, 6.07) is 6.10. The van der Waals surface area contributed by atoms with Crippen molar-refractivity contribution in [3.05, 3.63) is 29.0 Å². The first-order valence-electron chi connectivity index (χ1n) is 13.9. The van der Waals surface area contributed by atoms with Crippen LogP contribution in [0.15, 0.2) is 18.2 Å². The van der Waals surface area contributed by atoms with Gasteiger partial charge in [0.15, 0.2) is 0 Å². The van der Waals surface area contributed by atoms with Gasteiger partial charge in [-0.1, -0.05) is 114 Å². The summed E-state index contributed by atoms with van der Waals surface area (Å²) in [5.74, 6) is 1.21. The molecule has 1 heterocycles. The van der Waals surface area contributed by atoms with Gasteiger partial charge < -0.3 is 9.47 Å². The predicted molar refractivity (Wildman–Crippen MR) is 154 cm³/mol. The molecule has 5 heteroatoms. The molecule has 0 atom stereocenters. The van der Waals surface area contributed by atoms with Gasteiger partial charge in [-0.2, -0.15) is 0 Å². The highest BCUT2D eigenvalue weighted by Gasteiger charge is 2.13. The van der Waals surface area contributed by atoms with E-state index < -0.39 is 0 Å². The lowest BCUT2D eigenvalue weighted by Gasteiger charge is -2.13. The quantitative estimate of drug-likeness (QED) is 0.165. The van der Waals surface area contributed by atoms with Crippen LogP contribution < -0.4 is 0 Å². The topological polar surface area (TPSA) is 21.1 Å². The number of rotatable bonds is 20. The molecule has 3 nitrogen and oxygen atoms in total. The Morgan fingerprint density at radius 3 is 1.82 bits per heavy atom. The smallest absolute Gasteiger partial charge is 0.109 e. The molecule has 0 aliphatic heterocycles. The fraction of sp³-hybridized carbons (Fsp3) is 0.759. The van der Waals surface area contributed by atoms with Crippen LogP contribution in [0.1, 0.15) is 115 Å². The van der Waals surface area contributed by atoms with Crippen molar-refractivity contribution in [3.63, 3.8) is 0 Å². The number of halogens is 2. The lowest BCUT2D eigenvalue weighted by atomic mass is 10.0. The molecule has 0 unspecified atom stereocenters. The van der Waals surface area contributed by atoms with E-state index in [1.54, 1.807) is 0 Å². The van der Waals surface area contributed by atoms with Gasteiger partial charge in [-0.15, -0.1) is 12.4 Å². The first kappa shape index (κ1) is 31.3. The number of nitrogens with zero attached hydrogens (tertiary/aromatic N) is 3. The van der Waals surface area contributed by atoms with Crippen LogP contribution in [-0.2, 0) is 13.0 Å². The Balaban J connectivity index is 0.00000578. The summed E-state index contributed by atoms with van der Waals surface area (Å²) in [4.78, 5) is 7.18. The molecule has 1 aromatic carbocycles. The molecule has 1 aromatic heterocycles. The standard InChI is InChI=1S/C29H50ClN3.ClH/c1-4-5-6-7-8-9-10-11-12-13-14-15-16-17-18-23-28-31-27-22-19-21-26(30)29(27)33(28)25-20-24-32(2)3;/h19,21-22H,4-18,20,23-25H2,1-3H3;1H. The summed E-state index contributed by atoms with van der Waals surface area (Å²) in [6.07, 6.45) is 23.2. The van der Waals surface area contributed by atoms with Crippen LogP contribution in [0.5, 0.6) is 0 Å². The maximum absolute atomic E-state index is 6.54. The zero-order valence-corrected chi connectivity index (χ0v) is 23.9. The molecule has 0 bridgehead atoms. The minimum absolute atomic E-state index is 0. The van der Waals surface area contributed by atoms with Crippen LogP contribution in [0.3, 0.4) is 0 Å². The highest BCUT2D eigenvalue weighted by Crippen LogP contribution is 2.26. The van der Waals surface area contributed by atoms with Gasteiger partial charge in [0, 0.05) is 13.0 Å². The molecule has 196 valence electrons. The summed E-state index contributed by atoms with van der Waals surface area (Å²) < 4.78 is 2.38. The van der Waals surface area contributed by atoms with Gasteiger partial charge >= 0.3 is 0 Å². The molecule has 0 saturated carbocycles. The first-order chi connectivity index (χ1) is 16.1. The van der Waals surface area contributed by atoms with E-state index in [1.807, 2.05) is 12.1 Å². The first-order valence-corrected chi connectivity index (χ1v) is 14.3. The van der Waals surface area contributed by atoms with Crippen LogP contribution in [0, 0.1) is 0 Å². The third-order valence-electron chi connectivity index (χ3n) is 6.79. The second kappa shape index (κ2) is 19.4. The summed E-state index contributed by atoms with van der Waals surface area (Å²) in [6.45, 7) is 4.37. The monoisotopic (exact) mass is 511 g/mol. The third kappa shape index (κ3) is 12.3. The Hall–Kier alpha value is -0.770. The molecule has 0 N–H and O–H groups in total. The minimum Gasteiger partial charge on any atom is -0.327 e. The van der Waals surface area contributed by atoms with Crippen LogP contribution in [0.25, 0.3) is 11.0 Å². The fourth-order valence-corrected chi connectivity index (χ4v) is 5.09. The van der Waals surface area contributed by atoms with Crippen molar-refractivity contribution >= 4 is 35.0 Å². The number of imidazole rings is 1. The number of benzene rings is 1. The van der Waals surface area contributed by atoms with E-state index in [4.69, 9.17) is 16.6 Å². The second-order valence-corrected chi connectivity index (χ2v) is 10.6. The Labute approximate surface area is 221 Å². The largest absolute Gasteiger partial charge is 0.327 e. The van der Waals surface area contributed by atoms with Crippen molar-refractivity contribution in [3.8, 4) is 0 Å². The number of fused-ring (bicyclic) bond motifs is 1. The van der Waals surface area contributed by atoms with Gasteiger partial charge in [0.25, 0.3) is 0 Å². The van der Waals surface area contributed by atoms with Gasteiger partial charge in [0.1, 0.15) is 5.82 Å². The molecule has 0 aliphatic carbocycles. The normalized spacial score (nSPS) is 11.4. The maximum Gasteiger partial charge on any atom is 0.109 e. The van der Waals surface area contributed by atoms with Gasteiger partial charge in [0.05, 0.1) is 16.1 Å². The van der Waals surface area contributed by atoms with E-state index in [0.29, 0.717) is 0 Å². The molecule has 0 radical (unpaired) electrons. The SMILES string of the molecule is CCCCCCCCCCCCCCCCCc1nc2cccc(Cl)c2n1CCCN(C)C.Cl. The van der Waals surface area contributed by atoms with Crippen LogP contribution in [0.2, 0.25) is 5.02 Å². The Morgan fingerprint density at radius 2 is 1.29 bits per heavy atom. The predicted octanol–water partition coefficient (Wildman–Crippen LogP) is 9.48. The molecule has 2 aromatic rings. The average Bonchev–Trinajstić information content (AvgIpc) is 3.15. The van der Waals surface area contributed by atoms with Gasteiger partial charge in [0.2, 0.25) is 0 Å². The molecule has 0 spiro atoms. The minimum atomic E-state index is 0. The molecule has 34 heavy (non-hydrogen) atoms. The summed E-state index contributed by atoms with van der Waals surface area (Å²) >= 11 is 6.54. The van der Waals surface area contributed by atoms with Crippen molar-refractivity contribution in [2.45, 2.75) is 123 Å². The number of hydrogen-bond donors (Lipinski definition) is 0. The summed E-state index contributed by atoms with van der Waals surface area (Å²) in [7, 11) is 4.27. The maximum atomic E-state index is 6.54. The number of hydrogen-bond acceptors (Lipinski definition) is 2. The molecule has 2 rings (SSSR count). The van der Waals surface area contributed by atoms with Crippen molar-refractivity contribution in [1.29, 1.82) is 0 Å². The van der Waals surface area contributed by atoms with Gasteiger partial charge in [-0.05, 0) is 45.6 Å². The van der Waals surface area contributed by atoms with Crippen molar-refractivity contribution < 1.29 is 0 Å². The van der Waals surface area contributed by atoms with Gasteiger partial charge in [-0.3, -0.25) is 0 Å². The number of unbranched alkanes of at least 4 members (excludes halogenated alkanes) is 14. The lowest BCUT2D eigenvalue weighted by molar-refractivity contribution is 0.386. The second-order valence-electron chi connectivity index (χ2n) is 10.1. The van der Waals surface area contributed by atoms with Crippen LogP contribution in [0.4, 0.5) is 0 Å². The van der Waals surface area contributed by atoms with Gasteiger partial charge in [-0.25, -0.2) is 4.98 Å². The highest BCUT2D eigenvalue weighted by atomic mass is 35.5. The van der Waals surface area contributed by atoms with E-state index in [-0.39, 0.29) is 12.4 Å². The summed E-state index contributed by atoms with van der Waals surface area (Å²) in [5, 5.41) is 0.826. The number of para-hydroxylation sites is 1. The molecular formula is C29H51Cl2N3. The number of aryl methyl sites for hydroxylation is 2. The van der Waals surface area contributed by atoms with E-state index in [0.717, 1.165) is 42.0 Å². The van der Waals surface area contributed by atoms with Crippen LogP contribution in [-0.4, -0.2) is 35.1 Å². The highest BCUT2D eigenvalue weighted by molar-refractivity contribution is 6.35. The van der Waals surface area contributed by atoms with Crippen molar-refractivity contribution in [1.82, 2.24) is 14.5 Å². The Morgan fingerprint density at radius 1 is 0.765 bits per heavy atom. The summed E-state index contributed by atoms with van der Waals surface area (Å²) in [5.41, 5.74) is 2.16. The molecular weight excluding hydrogens is 461 g/mol. The van der Waals surface area contributed by atoms with E-state index in [1.165, 1.54) is 102 Å². The zero-order valence-electron chi connectivity index (χ0n) is 22.3. The molecule has 0 saturated heterocycles. The number of aromatic nitrogens is 2. The molecule has 0 aliphatic rings. The van der Waals surface area contributed by atoms with E-state index in [9.17, 15) is 0 Å². The van der Waals surface area contributed by atoms with E-state index >= 15 is 0 Å². The van der Waals surface area contributed by atoms with Crippen molar-refractivity contribution in [2.75, 3.05) is 20.6 Å². The molecule has 0 amide bonds. The fourth-order valence-electron chi connectivity index (χ4n) is 4.82.